The Hall–Kier alpha value is -3.80. The molecule has 0 aliphatic rings. The third kappa shape index (κ3) is 2.50. The Bertz CT molecular complexity index is 1590. The zero-order valence-electron chi connectivity index (χ0n) is 17.3. The number of benzene rings is 3. The van der Waals surface area contributed by atoms with Gasteiger partial charge in [-0.05, 0) is 36.4 Å². The molecule has 0 saturated heterocycles. The summed E-state index contributed by atoms with van der Waals surface area (Å²) in [6, 6.07) is 14.9. The molecule has 3 aromatic carbocycles. The van der Waals surface area contributed by atoms with E-state index in [9.17, 15) is 9.59 Å². The number of aromatic amines is 2. The molecule has 6 heteroatoms. The average molecular weight is 398 g/mol. The van der Waals surface area contributed by atoms with E-state index >= 15 is 0 Å². The number of rotatable bonds is 2. The monoisotopic (exact) mass is 398 g/mol. The van der Waals surface area contributed by atoms with Gasteiger partial charge in [-0.2, -0.15) is 0 Å². The van der Waals surface area contributed by atoms with Gasteiger partial charge in [0.05, 0.1) is 33.3 Å². The molecule has 0 spiro atoms. The van der Waals surface area contributed by atoms with E-state index in [1.807, 2.05) is 74.4 Å². The number of hydrogen-bond donors (Lipinski definition) is 2. The van der Waals surface area contributed by atoms with E-state index < -0.39 is 0 Å². The maximum Gasteiger partial charge on any atom is 0.199 e. The van der Waals surface area contributed by atoms with Crippen LogP contribution in [0.15, 0.2) is 58.1 Å². The van der Waals surface area contributed by atoms with Crippen LogP contribution in [0.2, 0.25) is 0 Å². The Balaban J connectivity index is 1.97. The molecular weight excluding hydrogens is 376 g/mol. The van der Waals surface area contributed by atoms with Crippen LogP contribution >= 0.6 is 0 Å². The number of aromatic nitrogens is 2. The number of anilines is 2. The smallest absolute Gasteiger partial charge is 0.199 e. The first-order chi connectivity index (χ1) is 14.4. The topological polar surface area (TPSA) is 72.2 Å². The first kappa shape index (κ1) is 18.2. The molecule has 0 radical (unpaired) electrons. The zero-order chi connectivity index (χ0) is 21.2. The minimum atomic E-state index is -0.0537. The van der Waals surface area contributed by atoms with Crippen molar-refractivity contribution < 1.29 is 0 Å². The predicted molar refractivity (Wildman–Crippen MR) is 126 cm³/mol. The molecule has 0 aliphatic heterocycles. The van der Waals surface area contributed by atoms with Crippen molar-refractivity contribution in [1.29, 1.82) is 0 Å². The fraction of sp³-hybridized carbons (Fsp3) is 0.167. The van der Waals surface area contributed by atoms with Gasteiger partial charge in [0.1, 0.15) is 0 Å². The molecule has 6 nitrogen and oxygen atoms in total. The minimum absolute atomic E-state index is 0.0425. The van der Waals surface area contributed by atoms with E-state index in [-0.39, 0.29) is 10.9 Å². The van der Waals surface area contributed by atoms with Gasteiger partial charge in [-0.3, -0.25) is 9.59 Å². The van der Waals surface area contributed by atoms with Crippen molar-refractivity contribution in [2.24, 2.45) is 0 Å². The quantitative estimate of drug-likeness (QED) is 0.444. The highest BCUT2D eigenvalue weighted by Crippen LogP contribution is 2.34. The maximum atomic E-state index is 13.6. The number of pyridine rings is 2. The number of fused-ring (bicyclic) bond motifs is 4. The van der Waals surface area contributed by atoms with Crippen LogP contribution in [0.1, 0.15) is 0 Å². The molecule has 30 heavy (non-hydrogen) atoms. The summed E-state index contributed by atoms with van der Waals surface area (Å²) >= 11 is 0. The number of H-pyrrole nitrogens is 2. The highest BCUT2D eigenvalue weighted by Gasteiger charge is 2.17. The predicted octanol–water partition coefficient (Wildman–Crippen LogP) is 3.81. The summed E-state index contributed by atoms with van der Waals surface area (Å²) in [6.45, 7) is 0. The molecule has 5 aromatic rings. The highest BCUT2D eigenvalue weighted by molar-refractivity contribution is 6.07. The average Bonchev–Trinajstić information content (AvgIpc) is 2.72. The lowest BCUT2D eigenvalue weighted by molar-refractivity contribution is 1.08. The summed E-state index contributed by atoms with van der Waals surface area (Å²) in [6.07, 6.45) is 0. The molecule has 0 fully saturated rings. The summed E-state index contributed by atoms with van der Waals surface area (Å²) < 4.78 is 0. The number of nitrogens with one attached hydrogen (secondary N) is 2. The van der Waals surface area contributed by atoms with Crippen molar-refractivity contribution >= 4 is 55.0 Å². The Morgan fingerprint density at radius 2 is 1.27 bits per heavy atom. The van der Waals surface area contributed by atoms with E-state index in [0.717, 1.165) is 22.4 Å². The SMILES string of the molecule is CN(C)c1ccc2[nH]c3cc4c(=O)c5ccccc5[nH]c4cc3c(=O)c2c1N(C)C. The summed E-state index contributed by atoms with van der Waals surface area (Å²) in [5.74, 6) is 0. The van der Waals surface area contributed by atoms with Gasteiger partial charge in [0.25, 0.3) is 0 Å². The standard InChI is InChI=1S/C24H22N4O2/c1-27(2)20-10-9-17-21(22(20)28(3)4)24(30)15-12-18-14(11-19(15)26-17)23(29)13-7-5-6-8-16(13)25-18/h5-12H,1-4H3,(H,25,29)(H,26,30). The third-order valence-electron chi connectivity index (χ3n) is 5.67. The first-order valence-electron chi connectivity index (χ1n) is 9.79. The van der Waals surface area contributed by atoms with Crippen LogP contribution in [-0.2, 0) is 0 Å². The van der Waals surface area contributed by atoms with Crippen LogP contribution in [0.3, 0.4) is 0 Å². The van der Waals surface area contributed by atoms with E-state index in [0.29, 0.717) is 32.6 Å². The summed E-state index contributed by atoms with van der Waals surface area (Å²) in [7, 11) is 7.81. The first-order valence-corrected chi connectivity index (χ1v) is 9.79. The molecule has 0 aliphatic carbocycles. The molecule has 2 aromatic heterocycles. The van der Waals surface area contributed by atoms with E-state index in [1.165, 1.54) is 0 Å². The van der Waals surface area contributed by atoms with Crippen molar-refractivity contribution in [2.45, 2.75) is 0 Å². The Morgan fingerprint density at radius 3 is 1.93 bits per heavy atom. The van der Waals surface area contributed by atoms with Crippen LogP contribution in [0, 0.1) is 0 Å². The number of hydrogen-bond acceptors (Lipinski definition) is 4. The van der Waals surface area contributed by atoms with Gasteiger partial charge in [0.15, 0.2) is 10.9 Å². The van der Waals surface area contributed by atoms with E-state index in [2.05, 4.69) is 9.97 Å². The van der Waals surface area contributed by atoms with Gasteiger partial charge < -0.3 is 19.8 Å². The van der Waals surface area contributed by atoms with Crippen LogP contribution in [0.25, 0.3) is 43.6 Å². The van der Waals surface area contributed by atoms with Gasteiger partial charge in [-0.1, -0.05) is 12.1 Å². The van der Waals surface area contributed by atoms with Gasteiger partial charge in [-0.15, -0.1) is 0 Å². The zero-order valence-corrected chi connectivity index (χ0v) is 17.3. The number of nitrogens with zero attached hydrogens (tertiary/aromatic N) is 2. The van der Waals surface area contributed by atoms with Crippen molar-refractivity contribution in [2.75, 3.05) is 38.0 Å². The van der Waals surface area contributed by atoms with Crippen molar-refractivity contribution in [3.63, 3.8) is 0 Å². The van der Waals surface area contributed by atoms with Crippen molar-refractivity contribution in [3.05, 3.63) is 69.0 Å². The van der Waals surface area contributed by atoms with E-state index in [1.54, 1.807) is 12.1 Å². The molecule has 2 heterocycles. The molecule has 0 amide bonds. The van der Waals surface area contributed by atoms with Gasteiger partial charge in [0, 0.05) is 49.9 Å². The summed E-state index contributed by atoms with van der Waals surface area (Å²) in [4.78, 5) is 37.3. The van der Waals surface area contributed by atoms with Crippen LogP contribution < -0.4 is 20.7 Å². The lowest BCUT2D eigenvalue weighted by Gasteiger charge is -2.24. The maximum absolute atomic E-state index is 13.6. The molecule has 0 unspecified atom stereocenters. The molecule has 150 valence electrons. The second-order valence-electron chi connectivity index (χ2n) is 8.04. The minimum Gasteiger partial charge on any atom is -0.376 e. The number of para-hydroxylation sites is 1. The molecule has 2 N–H and O–H groups in total. The van der Waals surface area contributed by atoms with Crippen molar-refractivity contribution in [3.8, 4) is 0 Å². The fourth-order valence-corrected chi connectivity index (χ4v) is 4.27. The second kappa shape index (κ2) is 6.35. The summed E-state index contributed by atoms with van der Waals surface area (Å²) in [5, 5.41) is 2.40. The largest absolute Gasteiger partial charge is 0.376 e. The molecule has 0 saturated carbocycles. The molecule has 0 bridgehead atoms. The van der Waals surface area contributed by atoms with Gasteiger partial charge in [-0.25, -0.2) is 0 Å². The second-order valence-corrected chi connectivity index (χ2v) is 8.04. The lowest BCUT2D eigenvalue weighted by atomic mass is 10.0. The molecule has 0 atom stereocenters. The summed E-state index contributed by atoms with van der Waals surface area (Å²) in [5.41, 5.74) is 4.56. The Morgan fingerprint density at radius 1 is 0.633 bits per heavy atom. The van der Waals surface area contributed by atoms with E-state index in [4.69, 9.17) is 0 Å². The van der Waals surface area contributed by atoms with Crippen LogP contribution in [-0.4, -0.2) is 38.2 Å². The van der Waals surface area contributed by atoms with Crippen molar-refractivity contribution in [1.82, 2.24) is 9.97 Å². The van der Waals surface area contributed by atoms with Crippen LogP contribution in [0.4, 0.5) is 11.4 Å². The van der Waals surface area contributed by atoms with Gasteiger partial charge >= 0.3 is 0 Å². The lowest BCUT2D eigenvalue weighted by Crippen LogP contribution is -2.20. The Labute approximate surface area is 172 Å². The Kier molecular flexibility index (Phi) is 3.86. The highest BCUT2D eigenvalue weighted by atomic mass is 16.1. The third-order valence-corrected chi connectivity index (χ3v) is 5.67. The van der Waals surface area contributed by atoms with Gasteiger partial charge in [0.2, 0.25) is 0 Å². The molecule has 5 rings (SSSR count). The molecular formula is C24H22N4O2. The normalized spacial score (nSPS) is 11.6. The fourth-order valence-electron chi connectivity index (χ4n) is 4.27. The van der Waals surface area contributed by atoms with Crippen LogP contribution in [0.5, 0.6) is 0 Å².